The van der Waals surface area contributed by atoms with Gasteiger partial charge in [0.25, 0.3) is 0 Å². The Kier molecular flexibility index (Phi) is 3.70. The molecule has 1 saturated heterocycles. The van der Waals surface area contributed by atoms with E-state index in [2.05, 4.69) is 25.1 Å². The van der Waals surface area contributed by atoms with Crippen molar-refractivity contribution in [3.63, 3.8) is 0 Å². The number of benzene rings is 1. The van der Waals surface area contributed by atoms with Gasteiger partial charge in [0.1, 0.15) is 0 Å². The summed E-state index contributed by atoms with van der Waals surface area (Å²) in [6, 6.07) is 6.22. The van der Waals surface area contributed by atoms with Crippen LogP contribution in [0.5, 0.6) is 0 Å². The molecule has 1 aromatic carbocycles. The number of hydrogen-bond acceptors (Lipinski definition) is 2. The van der Waals surface area contributed by atoms with Crippen molar-refractivity contribution in [3.8, 4) is 0 Å². The molecule has 2 aliphatic rings. The summed E-state index contributed by atoms with van der Waals surface area (Å²) in [6.45, 7) is 6.06. The van der Waals surface area contributed by atoms with Crippen LogP contribution in [0.15, 0.2) is 18.2 Å². The molecule has 0 N–H and O–H groups in total. The monoisotopic (exact) mass is 286 g/mol. The number of likely N-dealkylation sites (tertiary alicyclic amines) is 1. The number of carbonyl (C=O) groups excluding carboxylic acids is 2. The van der Waals surface area contributed by atoms with Gasteiger partial charge >= 0.3 is 0 Å². The second-order valence-corrected chi connectivity index (χ2v) is 6.01. The number of para-hydroxylation sites is 1. The van der Waals surface area contributed by atoms with E-state index in [-0.39, 0.29) is 17.7 Å². The molecule has 1 fully saturated rings. The van der Waals surface area contributed by atoms with Crippen LogP contribution < -0.4 is 4.90 Å². The molecule has 4 nitrogen and oxygen atoms in total. The molecule has 0 bridgehead atoms. The molecule has 0 radical (unpaired) electrons. The highest BCUT2D eigenvalue weighted by Gasteiger charge is 2.37. The summed E-state index contributed by atoms with van der Waals surface area (Å²) in [6.07, 6.45) is 2.40. The van der Waals surface area contributed by atoms with Gasteiger partial charge in [0.05, 0.1) is 5.92 Å². The standard InChI is InChI=1S/C17H22N2O2/c1-3-18-11-14(10-15(18)20)17(21)19-9-5-8-13-7-4-6-12(2)16(13)19/h4,6-7,14H,3,5,8-11H2,1-2H3. The van der Waals surface area contributed by atoms with Gasteiger partial charge in [-0.25, -0.2) is 0 Å². The fourth-order valence-electron chi connectivity index (χ4n) is 3.53. The van der Waals surface area contributed by atoms with Crippen molar-refractivity contribution in [2.45, 2.75) is 33.1 Å². The van der Waals surface area contributed by atoms with Gasteiger partial charge in [-0.2, -0.15) is 0 Å². The normalized spacial score (nSPS) is 21.6. The zero-order valence-electron chi connectivity index (χ0n) is 12.8. The second-order valence-electron chi connectivity index (χ2n) is 6.01. The van der Waals surface area contributed by atoms with Gasteiger partial charge in [-0.05, 0) is 37.8 Å². The maximum absolute atomic E-state index is 12.9. The minimum atomic E-state index is -0.178. The molecule has 0 saturated carbocycles. The Balaban J connectivity index is 1.86. The molecule has 3 rings (SSSR count). The van der Waals surface area contributed by atoms with Crippen LogP contribution in [0.1, 0.15) is 30.9 Å². The van der Waals surface area contributed by atoms with Gasteiger partial charge in [-0.1, -0.05) is 18.2 Å². The van der Waals surface area contributed by atoms with E-state index in [9.17, 15) is 9.59 Å². The third-order valence-corrected chi connectivity index (χ3v) is 4.63. The number of anilines is 1. The van der Waals surface area contributed by atoms with E-state index >= 15 is 0 Å². The van der Waals surface area contributed by atoms with Crippen molar-refractivity contribution in [2.75, 3.05) is 24.5 Å². The molecule has 2 amide bonds. The van der Waals surface area contributed by atoms with Crippen LogP contribution in [0, 0.1) is 12.8 Å². The first-order valence-corrected chi connectivity index (χ1v) is 7.79. The van der Waals surface area contributed by atoms with E-state index in [1.54, 1.807) is 4.90 Å². The number of fused-ring (bicyclic) bond motifs is 1. The maximum Gasteiger partial charge on any atom is 0.232 e. The topological polar surface area (TPSA) is 40.6 Å². The van der Waals surface area contributed by atoms with Crippen molar-refractivity contribution >= 4 is 17.5 Å². The van der Waals surface area contributed by atoms with Crippen LogP contribution in [-0.4, -0.2) is 36.3 Å². The van der Waals surface area contributed by atoms with Gasteiger partial charge < -0.3 is 9.80 Å². The molecule has 112 valence electrons. The van der Waals surface area contributed by atoms with Crippen molar-refractivity contribution in [1.82, 2.24) is 4.90 Å². The average molecular weight is 286 g/mol. The summed E-state index contributed by atoms with van der Waals surface area (Å²) in [5.74, 6) is 0.0513. The van der Waals surface area contributed by atoms with Gasteiger partial charge in [0.15, 0.2) is 0 Å². The van der Waals surface area contributed by atoms with Crippen LogP contribution in [0.25, 0.3) is 0 Å². The number of nitrogens with zero attached hydrogens (tertiary/aromatic N) is 2. The number of amides is 2. The van der Waals surface area contributed by atoms with Gasteiger partial charge in [-0.15, -0.1) is 0 Å². The van der Waals surface area contributed by atoms with Crippen LogP contribution >= 0.6 is 0 Å². The van der Waals surface area contributed by atoms with Crippen LogP contribution in [0.2, 0.25) is 0 Å². The van der Waals surface area contributed by atoms with Crippen molar-refractivity contribution in [3.05, 3.63) is 29.3 Å². The summed E-state index contributed by atoms with van der Waals surface area (Å²) in [5, 5.41) is 0. The third-order valence-electron chi connectivity index (χ3n) is 4.63. The lowest BCUT2D eigenvalue weighted by Gasteiger charge is -2.32. The largest absolute Gasteiger partial charge is 0.342 e. The zero-order valence-corrected chi connectivity index (χ0v) is 12.8. The van der Waals surface area contributed by atoms with Crippen molar-refractivity contribution in [1.29, 1.82) is 0 Å². The summed E-state index contributed by atoms with van der Waals surface area (Å²) in [5.41, 5.74) is 3.49. The summed E-state index contributed by atoms with van der Waals surface area (Å²) >= 11 is 0. The quantitative estimate of drug-likeness (QED) is 0.836. The maximum atomic E-state index is 12.9. The van der Waals surface area contributed by atoms with Crippen molar-refractivity contribution < 1.29 is 9.59 Å². The van der Waals surface area contributed by atoms with Crippen LogP contribution in [0.3, 0.4) is 0 Å². The first-order chi connectivity index (χ1) is 10.1. The predicted molar refractivity (Wildman–Crippen MR) is 82.2 cm³/mol. The Labute approximate surface area is 125 Å². The molecule has 1 aromatic rings. The molecule has 0 spiro atoms. The second kappa shape index (κ2) is 5.51. The van der Waals surface area contributed by atoms with Crippen LogP contribution in [0.4, 0.5) is 5.69 Å². The van der Waals surface area contributed by atoms with Gasteiger partial charge in [0, 0.05) is 31.7 Å². The summed E-state index contributed by atoms with van der Waals surface area (Å²) in [7, 11) is 0. The number of rotatable bonds is 2. The minimum absolute atomic E-state index is 0.109. The third kappa shape index (κ3) is 2.43. The zero-order chi connectivity index (χ0) is 15.0. The number of carbonyl (C=O) groups is 2. The Bertz CT molecular complexity index is 582. The molecule has 1 unspecified atom stereocenters. The van der Waals surface area contributed by atoms with E-state index in [4.69, 9.17) is 0 Å². The first-order valence-electron chi connectivity index (χ1n) is 7.79. The van der Waals surface area contributed by atoms with E-state index in [1.165, 1.54) is 5.56 Å². The molecular weight excluding hydrogens is 264 g/mol. The SMILES string of the molecule is CCN1CC(C(=O)N2CCCc3cccc(C)c32)CC1=O. The van der Waals surface area contributed by atoms with Gasteiger partial charge in [0.2, 0.25) is 11.8 Å². The van der Waals surface area contributed by atoms with E-state index in [0.29, 0.717) is 19.5 Å². The van der Waals surface area contributed by atoms with Crippen LogP contribution in [-0.2, 0) is 16.0 Å². The highest BCUT2D eigenvalue weighted by atomic mass is 16.2. The summed E-state index contributed by atoms with van der Waals surface area (Å²) in [4.78, 5) is 28.4. The molecule has 4 heteroatoms. The number of aryl methyl sites for hydroxylation is 2. The Morgan fingerprint density at radius 1 is 1.38 bits per heavy atom. The highest BCUT2D eigenvalue weighted by Crippen LogP contribution is 2.33. The number of hydrogen-bond donors (Lipinski definition) is 0. The molecule has 2 aliphatic heterocycles. The molecule has 0 aliphatic carbocycles. The molecule has 1 atom stereocenters. The van der Waals surface area contributed by atoms with Gasteiger partial charge in [-0.3, -0.25) is 9.59 Å². The predicted octanol–water partition coefficient (Wildman–Crippen LogP) is 2.14. The fourth-order valence-corrected chi connectivity index (χ4v) is 3.53. The van der Waals surface area contributed by atoms with Crippen molar-refractivity contribution in [2.24, 2.45) is 5.92 Å². The average Bonchev–Trinajstić information content (AvgIpc) is 2.87. The lowest BCUT2D eigenvalue weighted by Crippen LogP contribution is -2.41. The first kappa shape index (κ1) is 14.1. The smallest absolute Gasteiger partial charge is 0.232 e. The lowest BCUT2D eigenvalue weighted by atomic mass is 9.96. The molecular formula is C17H22N2O2. The highest BCUT2D eigenvalue weighted by molar-refractivity contribution is 6.00. The fraction of sp³-hybridized carbons (Fsp3) is 0.529. The Hall–Kier alpha value is -1.84. The molecule has 21 heavy (non-hydrogen) atoms. The Morgan fingerprint density at radius 3 is 2.90 bits per heavy atom. The molecule has 0 aromatic heterocycles. The summed E-state index contributed by atoms with van der Waals surface area (Å²) < 4.78 is 0. The van der Waals surface area contributed by atoms with E-state index < -0.39 is 0 Å². The van der Waals surface area contributed by atoms with E-state index in [1.807, 2.05) is 11.8 Å². The Morgan fingerprint density at radius 2 is 2.19 bits per heavy atom. The van der Waals surface area contributed by atoms with E-state index in [0.717, 1.165) is 30.6 Å². The lowest BCUT2D eigenvalue weighted by molar-refractivity contribution is -0.128. The minimum Gasteiger partial charge on any atom is -0.342 e. The molecule has 2 heterocycles.